The Bertz CT molecular complexity index is 674. The lowest BCUT2D eigenvalue weighted by Gasteiger charge is -2.25. The van der Waals surface area contributed by atoms with Crippen LogP contribution in [-0.4, -0.2) is 18.3 Å². The Hall–Kier alpha value is -2.51. The summed E-state index contributed by atoms with van der Waals surface area (Å²) in [6, 6.07) is 20.3. The molecule has 0 radical (unpaired) electrons. The van der Waals surface area contributed by atoms with Crippen LogP contribution >= 0.6 is 0 Å². The molecule has 2 rings (SSSR count). The van der Waals surface area contributed by atoms with E-state index in [1.807, 2.05) is 54.6 Å². The topological polar surface area (TPSA) is 56.9 Å². The minimum atomic E-state index is -0.658. The highest BCUT2D eigenvalue weighted by Gasteiger charge is 2.38. The summed E-state index contributed by atoms with van der Waals surface area (Å²) in [4.78, 5) is 0. The highest BCUT2D eigenvalue weighted by molar-refractivity contribution is 5.48. The van der Waals surface area contributed by atoms with Crippen LogP contribution in [0.3, 0.4) is 0 Å². The Labute approximate surface area is 143 Å². The molecule has 0 saturated heterocycles. The Morgan fingerprint density at radius 3 is 2.33 bits per heavy atom. The highest BCUT2D eigenvalue weighted by Crippen LogP contribution is 2.37. The fourth-order valence-electron chi connectivity index (χ4n) is 2.88. The molecule has 1 atom stereocenters. The molecule has 0 bridgehead atoms. The number of hydrogen-bond acceptors (Lipinski definition) is 3. The van der Waals surface area contributed by atoms with Gasteiger partial charge >= 0.3 is 6.07 Å². The van der Waals surface area contributed by atoms with Gasteiger partial charge in [0.25, 0.3) is 0 Å². The average Bonchev–Trinajstić information content (AvgIpc) is 2.65. The molecule has 24 heavy (non-hydrogen) atoms. The lowest BCUT2D eigenvalue weighted by atomic mass is 9.72. The molecule has 0 aliphatic heterocycles. The number of aliphatic hydroxyl groups excluding tert-OH is 1. The van der Waals surface area contributed by atoms with E-state index in [9.17, 15) is 5.21 Å². The Balaban J connectivity index is 2.46. The number of hydrogen-bond donors (Lipinski definition) is 1. The number of nitrogens with zero attached hydrogens (tertiary/aromatic N) is 1. The second kappa shape index (κ2) is 8.95. The first-order chi connectivity index (χ1) is 11.8. The molecule has 1 unspecified atom stereocenters. The van der Waals surface area contributed by atoms with E-state index in [1.54, 1.807) is 0 Å². The SMILES string of the molecule is CCCCC(C#[N+][O-])(c1ccccc1)c1ccc(OCCO)cc1. The van der Waals surface area contributed by atoms with E-state index in [2.05, 4.69) is 18.0 Å². The van der Waals surface area contributed by atoms with Crippen molar-refractivity contribution in [2.75, 3.05) is 13.2 Å². The summed E-state index contributed by atoms with van der Waals surface area (Å²) >= 11 is 0. The molecule has 4 nitrogen and oxygen atoms in total. The summed E-state index contributed by atoms with van der Waals surface area (Å²) in [6.07, 6.45) is 2.74. The standard InChI is InChI=1S/C20H23NO3/c1-2-3-13-20(16-21-23,17-7-5-4-6-8-17)18-9-11-19(12-10-18)24-15-14-22/h4-12,22H,2-3,13-15H2,1H3. The molecule has 0 heterocycles. The fraction of sp³-hybridized carbons (Fsp3) is 0.350. The molecular formula is C20H23NO3. The third kappa shape index (κ3) is 4.06. The quantitative estimate of drug-likeness (QED) is 0.733. The zero-order chi connectivity index (χ0) is 17.3. The molecule has 126 valence electrons. The summed E-state index contributed by atoms with van der Waals surface area (Å²) in [5.74, 6) is 0.685. The summed E-state index contributed by atoms with van der Waals surface area (Å²) in [5, 5.41) is 23.0. The fourth-order valence-corrected chi connectivity index (χ4v) is 2.88. The maximum absolute atomic E-state index is 11.1. The Kier molecular flexibility index (Phi) is 6.65. The van der Waals surface area contributed by atoms with E-state index in [-0.39, 0.29) is 13.2 Å². The minimum absolute atomic E-state index is 0.0250. The van der Waals surface area contributed by atoms with E-state index in [0.717, 1.165) is 30.4 Å². The van der Waals surface area contributed by atoms with Gasteiger partial charge in [-0.1, -0.05) is 62.2 Å². The van der Waals surface area contributed by atoms with E-state index in [4.69, 9.17) is 9.84 Å². The predicted octanol–water partition coefficient (Wildman–Crippen LogP) is 4.36. The Morgan fingerprint density at radius 2 is 1.75 bits per heavy atom. The van der Waals surface area contributed by atoms with Gasteiger partial charge in [0.15, 0.2) is 5.41 Å². The number of benzene rings is 2. The van der Waals surface area contributed by atoms with Gasteiger partial charge in [-0.2, -0.15) is 0 Å². The van der Waals surface area contributed by atoms with E-state index in [0.29, 0.717) is 5.75 Å². The molecule has 0 aliphatic carbocycles. The normalized spacial score (nSPS) is 12.8. The van der Waals surface area contributed by atoms with Gasteiger partial charge in [-0.05, 0) is 29.7 Å². The van der Waals surface area contributed by atoms with Crippen LogP contribution in [0.4, 0.5) is 0 Å². The molecule has 0 aromatic heterocycles. The van der Waals surface area contributed by atoms with Gasteiger partial charge in [0.2, 0.25) is 0 Å². The molecule has 0 spiro atoms. The lowest BCUT2D eigenvalue weighted by Crippen LogP contribution is -2.26. The van der Waals surface area contributed by atoms with Crippen LogP contribution in [0.1, 0.15) is 37.3 Å². The van der Waals surface area contributed by atoms with E-state index in [1.165, 1.54) is 0 Å². The van der Waals surface area contributed by atoms with Crippen LogP contribution in [0, 0.1) is 11.3 Å². The van der Waals surface area contributed by atoms with Crippen molar-refractivity contribution < 1.29 is 9.84 Å². The molecule has 4 heteroatoms. The van der Waals surface area contributed by atoms with Crippen molar-refractivity contribution in [1.82, 2.24) is 0 Å². The first-order valence-corrected chi connectivity index (χ1v) is 8.26. The monoisotopic (exact) mass is 325 g/mol. The number of aliphatic hydroxyl groups is 1. The highest BCUT2D eigenvalue weighted by atomic mass is 16.5. The van der Waals surface area contributed by atoms with Crippen LogP contribution in [0.15, 0.2) is 54.6 Å². The third-order valence-corrected chi connectivity index (χ3v) is 4.12. The third-order valence-electron chi connectivity index (χ3n) is 4.12. The molecule has 0 amide bonds. The Morgan fingerprint density at radius 1 is 1.08 bits per heavy atom. The van der Waals surface area contributed by atoms with Gasteiger partial charge in [-0.3, -0.25) is 0 Å². The predicted molar refractivity (Wildman–Crippen MR) is 96.4 cm³/mol. The van der Waals surface area contributed by atoms with Gasteiger partial charge in [-0.15, -0.1) is 0 Å². The summed E-state index contributed by atoms with van der Waals surface area (Å²) < 4.78 is 5.41. The molecule has 0 fully saturated rings. The van der Waals surface area contributed by atoms with Crippen LogP contribution in [0.25, 0.3) is 5.01 Å². The van der Waals surface area contributed by atoms with Crippen molar-refractivity contribution in [2.24, 2.45) is 0 Å². The van der Waals surface area contributed by atoms with Gasteiger partial charge in [0, 0.05) is 5.01 Å². The van der Waals surface area contributed by atoms with Crippen molar-refractivity contribution in [1.29, 1.82) is 0 Å². The van der Waals surface area contributed by atoms with Crippen molar-refractivity contribution in [3.05, 3.63) is 75.9 Å². The smallest absolute Gasteiger partial charge is 0.314 e. The van der Waals surface area contributed by atoms with Crippen LogP contribution in [0.5, 0.6) is 5.75 Å². The maximum atomic E-state index is 11.1. The molecule has 1 N–H and O–H groups in total. The maximum Gasteiger partial charge on any atom is 0.314 e. The molecule has 0 aliphatic rings. The first kappa shape index (κ1) is 17.8. The van der Waals surface area contributed by atoms with Gasteiger partial charge in [0.05, 0.1) is 6.61 Å². The minimum Gasteiger partial charge on any atom is -0.498 e. The van der Waals surface area contributed by atoms with Crippen molar-refractivity contribution >= 4 is 0 Å². The second-order valence-electron chi connectivity index (χ2n) is 5.67. The molecular weight excluding hydrogens is 302 g/mol. The summed E-state index contributed by atoms with van der Waals surface area (Å²) in [6.45, 7) is 2.35. The first-order valence-electron chi connectivity index (χ1n) is 8.26. The molecule has 0 saturated carbocycles. The average molecular weight is 325 g/mol. The van der Waals surface area contributed by atoms with Gasteiger partial charge < -0.3 is 15.1 Å². The summed E-state index contributed by atoms with van der Waals surface area (Å²) in [7, 11) is 0. The zero-order valence-electron chi connectivity index (χ0n) is 13.9. The zero-order valence-corrected chi connectivity index (χ0v) is 13.9. The lowest BCUT2D eigenvalue weighted by molar-refractivity contribution is 0.201. The molecule has 2 aromatic carbocycles. The van der Waals surface area contributed by atoms with Crippen molar-refractivity contribution in [2.45, 2.75) is 31.6 Å². The number of unbranched alkanes of at least 4 members (excludes halogenated alkanes) is 1. The van der Waals surface area contributed by atoms with E-state index >= 15 is 0 Å². The largest absolute Gasteiger partial charge is 0.498 e. The summed E-state index contributed by atoms with van der Waals surface area (Å²) in [5.41, 5.74) is 1.30. The van der Waals surface area contributed by atoms with Crippen LogP contribution in [0.2, 0.25) is 0 Å². The van der Waals surface area contributed by atoms with E-state index < -0.39 is 5.41 Å². The van der Waals surface area contributed by atoms with Crippen LogP contribution < -0.4 is 4.74 Å². The molecule has 2 aromatic rings. The van der Waals surface area contributed by atoms with Crippen molar-refractivity contribution in [3.8, 4) is 11.8 Å². The number of rotatable bonds is 8. The second-order valence-corrected chi connectivity index (χ2v) is 5.67. The van der Waals surface area contributed by atoms with Crippen molar-refractivity contribution in [3.63, 3.8) is 0 Å². The number of ether oxygens (including phenoxy) is 1. The van der Waals surface area contributed by atoms with Gasteiger partial charge in [0.1, 0.15) is 12.4 Å². The van der Waals surface area contributed by atoms with Crippen LogP contribution in [-0.2, 0) is 5.41 Å². The van der Waals surface area contributed by atoms with Gasteiger partial charge in [-0.25, -0.2) is 0 Å².